The second kappa shape index (κ2) is 11.0. The summed E-state index contributed by atoms with van der Waals surface area (Å²) < 4.78 is 4.20. The Bertz CT molecular complexity index is 1020. The Morgan fingerprint density at radius 2 is 1.76 bits per heavy atom. The second-order valence-corrected chi connectivity index (χ2v) is 10.6. The van der Waals surface area contributed by atoms with E-state index in [4.69, 9.17) is 5.73 Å². The number of carbonyl (C=O) groups excluding carboxylic acids is 3. The van der Waals surface area contributed by atoms with Gasteiger partial charge in [-0.3, -0.25) is 19.3 Å². The maximum atomic E-state index is 13.6. The normalized spacial score (nSPS) is 14.5. The number of nitrogens with two attached hydrogens (primary N) is 1. The molecule has 34 heavy (non-hydrogen) atoms. The van der Waals surface area contributed by atoms with Gasteiger partial charge in [-0.15, -0.1) is 0 Å². The van der Waals surface area contributed by atoms with E-state index in [0.29, 0.717) is 5.69 Å². The number of nitrogens with zero attached hydrogens (tertiary/aromatic N) is 2. The SMILES string of the molecule is CCc1ccc(N(CC(=O)NC(C)(C)C)C(=O)c2snc(C(=O)NC3CCCCC3)c2N)cc1. The van der Waals surface area contributed by atoms with Gasteiger partial charge in [-0.05, 0) is 69.3 Å². The van der Waals surface area contributed by atoms with Crippen LogP contribution in [-0.4, -0.2) is 40.2 Å². The van der Waals surface area contributed by atoms with E-state index in [1.807, 2.05) is 52.0 Å². The molecule has 1 fully saturated rings. The molecule has 0 aliphatic heterocycles. The van der Waals surface area contributed by atoms with E-state index >= 15 is 0 Å². The highest BCUT2D eigenvalue weighted by Crippen LogP contribution is 2.27. The molecule has 1 aromatic carbocycles. The lowest BCUT2D eigenvalue weighted by atomic mass is 9.95. The average Bonchev–Trinajstić information content (AvgIpc) is 3.18. The Balaban J connectivity index is 1.84. The summed E-state index contributed by atoms with van der Waals surface area (Å²) in [7, 11) is 0. The number of rotatable bonds is 7. The number of nitrogens with one attached hydrogen (secondary N) is 2. The lowest BCUT2D eigenvalue weighted by molar-refractivity contribution is -0.121. The molecule has 1 aliphatic rings. The lowest BCUT2D eigenvalue weighted by Gasteiger charge is -2.26. The summed E-state index contributed by atoms with van der Waals surface area (Å²) in [4.78, 5) is 40.6. The summed E-state index contributed by atoms with van der Waals surface area (Å²) >= 11 is 0.887. The number of nitrogen functional groups attached to an aromatic ring is 1. The third-order valence-corrected chi connectivity index (χ3v) is 6.65. The molecule has 9 heteroatoms. The fourth-order valence-electron chi connectivity index (χ4n) is 4.03. The van der Waals surface area contributed by atoms with E-state index in [9.17, 15) is 14.4 Å². The molecule has 1 aliphatic carbocycles. The third-order valence-electron chi connectivity index (χ3n) is 5.80. The van der Waals surface area contributed by atoms with Crippen LogP contribution >= 0.6 is 11.5 Å². The molecule has 0 radical (unpaired) electrons. The van der Waals surface area contributed by atoms with Crippen LogP contribution in [0.2, 0.25) is 0 Å². The maximum absolute atomic E-state index is 13.6. The Kier molecular flexibility index (Phi) is 8.30. The van der Waals surface area contributed by atoms with Crippen molar-refractivity contribution in [2.45, 2.75) is 77.8 Å². The van der Waals surface area contributed by atoms with Gasteiger partial charge in [-0.25, -0.2) is 0 Å². The van der Waals surface area contributed by atoms with Gasteiger partial charge < -0.3 is 16.4 Å². The van der Waals surface area contributed by atoms with Crippen LogP contribution in [0.1, 0.15) is 85.5 Å². The molecule has 3 rings (SSSR count). The molecule has 1 aromatic heterocycles. The largest absolute Gasteiger partial charge is 0.395 e. The fourth-order valence-corrected chi connectivity index (χ4v) is 4.78. The van der Waals surface area contributed by atoms with Gasteiger partial charge in [0.05, 0.1) is 5.69 Å². The number of amides is 3. The summed E-state index contributed by atoms with van der Waals surface area (Å²) in [6.45, 7) is 7.51. The van der Waals surface area contributed by atoms with E-state index in [2.05, 4.69) is 15.0 Å². The van der Waals surface area contributed by atoms with Crippen LogP contribution in [0.15, 0.2) is 24.3 Å². The highest BCUT2D eigenvalue weighted by atomic mass is 32.1. The zero-order valence-electron chi connectivity index (χ0n) is 20.4. The van der Waals surface area contributed by atoms with Crippen molar-refractivity contribution in [3.8, 4) is 0 Å². The van der Waals surface area contributed by atoms with Crippen LogP contribution in [-0.2, 0) is 11.2 Å². The molecule has 184 valence electrons. The van der Waals surface area contributed by atoms with E-state index in [1.165, 1.54) is 11.3 Å². The van der Waals surface area contributed by atoms with Gasteiger partial charge >= 0.3 is 0 Å². The van der Waals surface area contributed by atoms with Crippen LogP contribution in [0.3, 0.4) is 0 Å². The zero-order valence-corrected chi connectivity index (χ0v) is 21.3. The molecule has 1 saturated carbocycles. The molecular weight excluding hydrogens is 450 g/mol. The first kappa shape index (κ1) is 25.7. The van der Waals surface area contributed by atoms with Gasteiger partial charge in [0, 0.05) is 17.3 Å². The van der Waals surface area contributed by atoms with Crippen molar-refractivity contribution in [1.82, 2.24) is 15.0 Å². The molecule has 0 unspecified atom stereocenters. The number of aromatic nitrogens is 1. The minimum atomic E-state index is -0.458. The first-order chi connectivity index (χ1) is 16.1. The van der Waals surface area contributed by atoms with Gasteiger partial charge in [-0.2, -0.15) is 4.37 Å². The highest BCUT2D eigenvalue weighted by molar-refractivity contribution is 7.09. The Morgan fingerprint density at radius 1 is 1.12 bits per heavy atom. The molecule has 8 nitrogen and oxygen atoms in total. The molecule has 0 atom stereocenters. The van der Waals surface area contributed by atoms with E-state index in [0.717, 1.165) is 49.2 Å². The molecule has 1 heterocycles. The zero-order chi connectivity index (χ0) is 24.9. The number of hydrogen-bond acceptors (Lipinski definition) is 6. The van der Waals surface area contributed by atoms with Crippen molar-refractivity contribution in [2.24, 2.45) is 0 Å². The Labute approximate surface area is 205 Å². The van der Waals surface area contributed by atoms with E-state index in [-0.39, 0.29) is 40.7 Å². The van der Waals surface area contributed by atoms with Crippen LogP contribution < -0.4 is 21.3 Å². The summed E-state index contributed by atoms with van der Waals surface area (Å²) in [5, 5.41) is 5.89. The lowest BCUT2D eigenvalue weighted by Crippen LogP contribution is -2.47. The predicted octanol–water partition coefficient (Wildman–Crippen LogP) is 3.91. The molecule has 0 saturated heterocycles. The highest BCUT2D eigenvalue weighted by Gasteiger charge is 2.29. The van der Waals surface area contributed by atoms with Gasteiger partial charge in [0.25, 0.3) is 11.8 Å². The first-order valence-corrected chi connectivity index (χ1v) is 12.6. The van der Waals surface area contributed by atoms with Gasteiger partial charge in [0.2, 0.25) is 5.91 Å². The van der Waals surface area contributed by atoms with Crippen LogP contribution in [0.25, 0.3) is 0 Å². The number of benzene rings is 1. The summed E-state index contributed by atoms with van der Waals surface area (Å²) in [5.41, 5.74) is 7.62. The van der Waals surface area contributed by atoms with Crippen LogP contribution in [0.4, 0.5) is 11.4 Å². The van der Waals surface area contributed by atoms with Crippen molar-refractivity contribution in [1.29, 1.82) is 0 Å². The van der Waals surface area contributed by atoms with Crippen LogP contribution in [0, 0.1) is 0 Å². The molecule has 0 spiro atoms. The second-order valence-electron chi connectivity index (χ2n) is 9.79. The summed E-state index contributed by atoms with van der Waals surface area (Å²) in [6, 6.07) is 7.59. The van der Waals surface area contributed by atoms with E-state index in [1.54, 1.807) is 0 Å². The smallest absolute Gasteiger partial charge is 0.273 e. The minimum absolute atomic E-state index is 0.0507. The van der Waals surface area contributed by atoms with Crippen LogP contribution in [0.5, 0.6) is 0 Å². The summed E-state index contributed by atoms with van der Waals surface area (Å²) in [5.74, 6) is -1.11. The standard InChI is InChI=1S/C25H35N5O3S/c1-5-16-11-13-18(14-12-16)30(15-19(31)28-25(2,3)4)24(33)22-20(26)21(29-34-22)23(32)27-17-9-7-6-8-10-17/h11-14,17H,5-10,15,26H2,1-4H3,(H,27,32)(H,28,31). The van der Waals surface area contributed by atoms with Gasteiger partial charge in [0.15, 0.2) is 5.69 Å². The predicted molar refractivity (Wildman–Crippen MR) is 136 cm³/mol. The molecule has 0 bridgehead atoms. The summed E-state index contributed by atoms with van der Waals surface area (Å²) in [6.07, 6.45) is 6.09. The van der Waals surface area contributed by atoms with Crippen molar-refractivity contribution in [3.63, 3.8) is 0 Å². The fraction of sp³-hybridized carbons (Fsp3) is 0.520. The van der Waals surface area contributed by atoms with Gasteiger partial charge in [-0.1, -0.05) is 38.3 Å². The molecule has 3 amide bonds. The number of hydrogen-bond donors (Lipinski definition) is 3. The number of aryl methyl sites for hydroxylation is 1. The quantitative estimate of drug-likeness (QED) is 0.550. The van der Waals surface area contributed by atoms with Gasteiger partial charge in [0.1, 0.15) is 11.4 Å². The van der Waals surface area contributed by atoms with E-state index < -0.39 is 11.4 Å². The van der Waals surface area contributed by atoms with Crippen molar-refractivity contribution < 1.29 is 14.4 Å². The first-order valence-electron chi connectivity index (χ1n) is 11.9. The number of carbonyl (C=O) groups is 3. The molecular formula is C25H35N5O3S. The molecule has 4 N–H and O–H groups in total. The molecule has 2 aromatic rings. The van der Waals surface area contributed by atoms with Crippen molar-refractivity contribution in [2.75, 3.05) is 17.2 Å². The Morgan fingerprint density at radius 3 is 2.35 bits per heavy atom. The monoisotopic (exact) mass is 485 g/mol. The third kappa shape index (κ3) is 6.56. The maximum Gasteiger partial charge on any atom is 0.273 e. The topological polar surface area (TPSA) is 117 Å². The minimum Gasteiger partial charge on any atom is -0.395 e. The van der Waals surface area contributed by atoms with Crippen molar-refractivity contribution >= 4 is 40.6 Å². The number of anilines is 2. The Hall–Kier alpha value is -2.94. The van der Waals surface area contributed by atoms with Crippen molar-refractivity contribution in [3.05, 3.63) is 40.4 Å². The average molecular weight is 486 g/mol.